The van der Waals surface area contributed by atoms with Crippen molar-refractivity contribution in [2.24, 2.45) is 0 Å². The van der Waals surface area contributed by atoms with Crippen molar-refractivity contribution in [2.75, 3.05) is 20.8 Å². The molecule has 1 atom stereocenters. The van der Waals surface area contributed by atoms with Gasteiger partial charge in [-0.05, 0) is 30.7 Å². The maximum absolute atomic E-state index is 13.1. The molecule has 27 heavy (non-hydrogen) atoms. The van der Waals surface area contributed by atoms with Gasteiger partial charge >= 0.3 is 0 Å². The van der Waals surface area contributed by atoms with Crippen LogP contribution in [0.5, 0.6) is 0 Å². The smallest absolute Gasteiger partial charge is 0.261 e. The molecule has 2 aliphatic heterocycles. The Labute approximate surface area is 155 Å². The molecule has 7 heteroatoms. The number of benzene rings is 2. The highest BCUT2D eigenvalue weighted by molar-refractivity contribution is 6.33. The number of imide groups is 2. The maximum Gasteiger partial charge on any atom is 0.261 e. The van der Waals surface area contributed by atoms with Crippen LogP contribution < -0.4 is 0 Å². The molecule has 2 aromatic carbocycles. The molecule has 2 aliphatic rings. The van der Waals surface area contributed by atoms with E-state index in [0.717, 1.165) is 4.90 Å². The van der Waals surface area contributed by atoms with Crippen LogP contribution in [-0.2, 0) is 4.74 Å². The minimum Gasteiger partial charge on any atom is -0.383 e. The second kappa shape index (κ2) is 5.99. The summed E-state index contributed by atoms with van der Waals surface area (Å²) >= 11 is 0. The fraction of sp³-hybridized carbons (Fsp3) is 0.300. The molecule has 0 saturated carbocycles. The minimum atomic E-state index is -0.440. The van der Waals surface area contributed by atoms with Crippen molar-refractivity contribution in [3.63, 3.8) is 0 Å². The Bertz CT molecular complexity index is 972. The first-order chi connectivity index (χ1) is 12.9. The largest absolute Gasteiger partial charge is 0.383 e. The highest BCUT2D eigenvalue weighted by atomic mass is 16.5. The first kappa shape index (κ1) is 17.4. The standard InChI is InChI=1S/C20H18N2O5/c1-4-10(9-27-3)22-19(25)13-7-5-11-15-12(18(24)21(2)17(11)23)6-8-14(16(13)15)20(22)26/h5-8,10H,4,9H2,1-3H3. The van der Waals surface area contributed by atoms with Crippen LogP contribution in [0.25, 0.3) is 10.8 Å². The van der Waals surface area contributed by atoms with Crippen molar-refractivity contribution in [1.82, 2.24) is 9.80 Å². The van der Waals surface area contributed by atoms with E-state index in [1.807, 2.05) is 6.92 Å². The Hall–Kier alpha value is -3.06. The summed E-state index contributed by atoms with van der Waals surface area (Å²) in [6, 6.07) is 5.85. The van der Waals surface area contributed by atoms with Crippen LogP contribution in [0.2, 0.25) is 0 Å². The topological polar surface area (TPSA) is 84.0 Å². The fourth-order valence-electron chi connectivity index (χ4n) is 3.91. The van der Waals surface area contributed by atoms with Gasteiger partial charge < -0.3 is 4.74 Å². The van der Waals surface area contributed by atoms with E-state index in [0.29, 0.717) is 39.4 Å². The second-order valence-electron chi connectivity index (χ2n) is 6.74. The molecule has 0 aromatic heterocycles. The number of methoxy groups -OCH3 is 1. The van der Waals surface area contributed by atoms with Crippen molar-refractivity contribution >= 4 is 34.4 Å². The van der Waals surface area contributed by atoms with E-state index in [1.54, 1.807) is 24.3 Å². The molecule has 0 bridgehead atoms. The van der Waals surface area contributed by atoms with Gasteiger partial charge in [-0.1, -0.05) is 6.92 Å². The molecule has 2 heterocycles. The second-order valence-corrected chi connectivity index (χ2v) is 6.74. The summed E-state index contributed by atoms with van der Waals surface area (Å²) in [6.45, 7) is 2.12. The molecule has 7 nitrogen and oxygen atoms in total. The molecule has 4 amide bonds. The first-order valence-corrected chi connectivity index (χ1v) is 8.71. The van der Waals surface area contributed by atoms with E-state index in [4.69, 9.17) is 4.74 Å². The van der Waals surface area contributed by atoms with Crippen molar-refractivity contribution in [3.05, 3.63) is 46.5 Å². The number of ether oxygens (including phenoxy) is 1. The SMILES string of the molecule is CCC(COC)N1C(=O)c2ccc3c4c(ccc(c24)C1=O)C(=O)N(C)C3=O. The summed E-state index contributed by atoms with van der Waals surface area (Å²) in [4.78, 5) is 53.5. The minimum absolute atomic E-state index is 0.240. The van der Waals surface area contributed by atoms with E-state index in [-0.39, 0.29) is 12.6 Å². The van der Waals surface area contributed by atoms with Gasteiger partial charge in [-0.3, -0.25) is 29.0 Å². The molecular formula is C20H18N2O5. The van der Waals surface area contributed by atoms with Gasteiger partial charge in [0.05, 0.1) is 12.6 Å². The van der Waals surface area contributed by atoms with Gasteiger partial charge in [0.15, 0.2) is 0 Å². The van der Waals surface area contributed by atoms with Gasteiger partial charge in [0.1, 0.15) is 0 Å². The quantitative estimate of drug-likeness (QED) is 0.774. The molecule has 2 aromatic rings. The van der Waals surface area contributed by atoms with Crippen molar-refractivity contribution in [3.8, 4) is 0 Å². The lowest BCUT2D eigenvalue weighted by atomic mass is 9.85. The Morgan fingerprint density at radius 1 is 0.815 bits per heavy atom. The van der Waals surface area contributed by atoms with Crippen LogP contribution in [0.1, 0.15) is 54.8 Å². The zero-order valence-corrected chi connectivity index (χ0v) is 15.2. The molecule has 0 saturated heterocycles. The summed E-state index contributed by atoms with van der Waals surface area (Å²) in [5.74, 6) is -1.74. The zero-order chi connectivity index (χ0) is 19.5. The predicted octanol–water partition coefficient (Wildman–Crippen LogP) is 2.09. The third-order valence-electron chi connectivity index (χ3n) is 5.32. The lowest BCUT2D eigenvalue weighted by Gasteiger charge is -2.34. The normalized spacial score (nSPS) is 17.1. The number of carbonyl (C=O) groups excluding carboxylic acids is 4. The Morgan fingerprint density at radius 3 is 1.59 bits per heavy atom. The molecule has 4 rings (SSSR count). The van der Waals surface area contributed by atoms with E-state index < -0.39 is 23.6 Å². The average molecular weight is 366 g/mol. The van der Waals surface area contributed by atoms with Gasteiger partial charge in [0, 0.05) is 47.2 Å². The summed E-state index contributed by atoms with van der Waals surface area (Å²) in [7, 11) is 2.94. The van der Waals surface area contributed by atoms with Gasteiger partial charge in [-0.25, -0.2) is 0 Å². The Morgan fingerprint density at radius 2 is 1.22 bits per heavy atom. The first-order valence-electron chi connectivity index (χ1n) is 8.71. The van der Waals surface area contributed by atoms with Crippen LogP contribution in [-0.4, -0.2) is 60.2 Å². The Balaban J connectivity index is 2.01. The van der Waals surface area contributed by atoms with Gasteiger partial charge in [-0.15, -0.1) is 0 Å². The van der Waals surface area contributed by atoms with Crippen LogP contribution >= 0.6 is 0 Å². The lowest BCUT2D eigenvalue weighted by Crippen LogP contribution is -2.49. The molecule has 138 valence electrons. The molecule has 0 radical (unpaired) electrons. The predicted molar refractivity (Wildman–Crippen MR) is 96.8 cm³/mol. The van der Waals surface area contributed by atoms with E-state index >= 15 is 0 Å². The molecule has 1 unspecified atom stereocenters. The monoisotopic (exact) mass is 366 g/mol. The molecule has 0 N–H and O–H groups in total. The van der Waals surface area contributed by atoms with Crippen molar-refractivity contribution < 1.29 is 23.9 Å². The molecular weight excluding hydrogens is 348 g/mol. The van der Waals surface area contributed by atoms with Crippen molar-refractivity contribution in [2.45, 2.75) is 19.4 Å². The molecule has 0 aliphatic carbocycles. The third kappa shape index (κ3) is 2.18. The van der Waals surface area contributed by atoms with Crippen LogP contribution in [0.3, 0.4) is 0 Å². The van der Waals surface area contributed by atoms with Gasteiger partial charge in [-0.2, -0.15) is 0 Å². The zero-order valence-electron chi connectivity index (χ0n) is 15.2. The highest BCUT2D eigenvalue weighted by Gasteiger charge is 2.40. The molecule has 0 fully saturated rings. The van der Waals surface area contributed by atoms with Crippen LogP contribution in [0.4, 0.5) is 0 Å². The van der Waals surface area contributed by atoms with Crippen LogP contribution in [0, 0.1) is 0 Å². The summed E-state index contributed by atoms with van der Waals surface area (Å²) in [6.07, 6.45) is 0.557. The van der Waals surface area contributed by atoms with Gasteiger partial charge in [0.2, 0.25) is 0 Å². The van der Waals surface area contributed by atoms with Crippen molar-refractivity contribution in [1.29, 1.82) is 0 Å². The van der Waals surface area contributed by atoms with E-state index in [2.05, 4.69) is 0 Å². The lowest BCUT2D eigenvalue weighted by molar-refractivity contribution is 0.0420. The summed E-state index contributed by atoms with van der Waals surface area (Å²) in [5.41, 5.74) is 1.30. The number of amides is 4. The summed E-state index contributed by atoms with van der Waals surface area (Å²) in [5, 5.41) is 0.776. The van der Waals surface area contributed by atoms with E-state index in [9.17, 15) is 19.2 Å². The number of rotatable bonds is 4. The number of nitrogens with zero attached hydrogens (tertiary/aromatic N) is 2. The fourth-order valence-corrected chi connectivity index (χ4v) is 3.91. The summed E-state index contributed by atoms with van der Waals surface area (Å²) < 4.78 is 5.17. The van der Waals surface area contributed by atoms with E-state index in [1.165, 1.54) is 19.1 Å². The average Bonchev–Trinajstić information content (AvgIpc) is 2.68. The number of hydrogen-bond donors (Lipinski definition) is 0. The maximum atomic E-state index is 13.1. The highest BCUT2D eigenvalue weighted by Crippen LogP contribution is 2.38. The molecule has 0 spiro atoms. The Kier molecular flexibility index (Phi) is 3.85. The number of hydrogen-bond acceptors (Lipinski definition) is 5. The number of carbonyl (C=O) groups is 4. The van der Waals surface area contributed by atoms with Crippen LogP contribution in [0.15, 0.2) is 24.3 Å². The third-order valence-corrected chi connectivity index (χ3v) is 5.32. The van der Waals surface area contributed by atoms with Gasteiger partial charge in [0.25, 0.3) is 23.6 Å².